The van der Waals surface area contributed by atoms with E-state index in [0.717, 1.165) is 12.1 Å². The summed E-state index contributed by atoms with van der Waals surface area (Å²) in [6.45, 7) is 2.82. The topological polar surface area (TPSA) is 61.1 Å². The van der Waals surface area contributed by atoms with Gasteiger partial charge in [-0.2, -0.15) is 0 Å². The third kappa shape index (κ3) is 2.70. The Hall–Kier alpha value is -2.61. The third-order valence-corrected chi connectivity index (χ3v) is 4.77. The molecule has 4 rings (SSSR count). The zero-order valence-electron chi connectivity index (χ0n) is 14.2. The van der Waals surface area contributed by atoms with Gasteiger partial charge in [-0.1, -0.05) is 0 Å². The van der Waals surface area contributed by atoms with Crippen molar-refractivity contribution in [1.82, 2.24) is 4.90 Å². The molecule has 0 N–H and O–H groups in total. The fourth-order valence-electron chi connectivity index (χ4n) is 3.32. The molecule has 26 heavy (non-hydrogen) atoms. The lowest BCUT2D eigenvalue weighted by molar-refractivity contribution is 0.0467. The monoisotopic (exact) mass is 365 g/mol. The van der Waals surface area contributed by atoms with Gasteiger partial charge in [0.1, 0.15) is 18.0 Å². The molecule has 0 spiro atoms. The van der Waals surface area contributed by atoms with Crippen LogP contribution in [0.5, 0.6) is 11.5 Å². The summed E-state index contributed by atoms with van der Waals surface area (Å²) in [5.41, 5.74) is 0. The van der Waals surface area contributed by atoms with Crippen LogP contribution in [-0.4, -0.2) is 43.3 Å². The summed E-state index contributed by atoms with van der Waals surface area (Å²) in [5.74, 6) is -1.53. The number of fused-ring (bicyclic) bond motifs is 2. The molecule has 138 valence electrons. The number of hydrogen-bond acceptors (Lipinski definition) is 6. The van der Waals surface area contributed by atoms with Crippen LogP contribution >= 0.6 is 0 Å². The van der Waals surface area contributed by atoms with Crippen LogP contribution in [0.4, 0.5) is 8.78 Å². The normalized spacial score (nSPS) is 22.8. The van der Waals surface area contributed by atoms with Crippen LogP contribution in [-0.2, 0) is 4.74 Å². The molecule has 0 radical (unpaired) electrons. The SMILES string of the molecule is COC(=O)c1ccc(C(C)N2C[C@@H]3Oc4c(F)ccc(F)c4O[C@@H]3C2)o1. The Labute approximate surface area is 148 Å². The molecule has 3 atom stereocenters. The van der Waals surface area contributed by atoms with Crippen molar-refractivity contribution in [3.63, 3.8) is 0 Å². The lowest BCUT2D eigenvalue weighted by atomic mass is 10.2. The maximum atomic E-state index is 13.9. The first-order valence-electron chi connectivity index (χ1n) is 8.21. The molecule has 1 fully saturated rings. The van der Waals surface area contributed by atoms with Crippen LogP contribution in [0.2, 0.25) is 0 Å². The van der Waals surface area contributed by atoms with Crippen molar-refractivity contribution in [2.24, 2.45) is 0 Å². The van der Waals surface area contributed by atoms with Gasteiger partial charge in [0.2, 0.25) is 17.3 Å². The van der Waals surface area contributed by atoms with E-state index in [1.807, 2.05) is 11.8 Å². The molecule has 1 aromatic carbocycles. The van der Waals surface area contributed by atoms with Crippen LogP contribution in [0.1, 0.15) is 29.3 Å². The molecular weight excluding hydrogens is 348 g/mol. The van der Waals surface area contributed by atoms with Crippen LogP contribution in [0.15, 0.2) is 28.7 Å². The predicted molar refractivity (Wildman–Crippen MR) is 85.2 cm³/mol. The van der Waals surface area contributed by atoms with E-state index in [9.17, 15) is 13.6 Å². The predicted octanol–water partition coefficient (Wildman–Crippen LogP) is 2.93. The van der Waals surface area contributed by atoms with Crippen LogP contribution < -0.4 is 9.47 Å². The Kier molecular flexibility index (Phi) is 4.07. The highest BCUT2D eigenvalue weighted by molar-refractivity contribution is 5.86. The number of nitrogens with zero attached hydrogens (tertiary/aromatic N) is 1. The minimum absolute atomic E-state index is 0.120. The van der Waals surface area contributed by atoms with Gasteiger partial charge in [-0.3, -0.25) is 4.90 Å². The third-order valence-electron chi connectivity index (χ3n) is 4.77. The lowest BCUT2D eigenvalue weighted by Crippen LogP contribution is -2.39. The Morgan fingerprint density at radius 2 is 1.69 bits per heavy atom. The van der Waals surface area contributed by atoms with Crippen LogP contribution in [0.3, 0.4) is 0 Å². The van der Waals surface area contributed by atoms with E-state index in [1.54, 1.807) is 12.1 Å². The van der Waals surface area contributed by atoms with Gasteiger partial charge in [0.15, 0.2) is 11.6 Å². The van der Waals surface area contributed by atoms with Gasteiger partial charge in [0.25, 0.3) is 0 Å². The van der Waals surface area contributed by atoms with Crippen molar-refractivity contribution in [2.45, 2.75) is 25.2 Å². The second-order valence-corrected chi connectivity index (χ2v) is 6.32. The van der Waals surface area contributed by atoms with E-state index in [1.165, 1.54) is 7.11 Å². The zero-order chi connectivity index (χ0) is 18.4. The minimum atomic E-state index is -0.653. The maximum absolute atomic E-state index is 13.9. The standard InChI is InChI=1S/C18H17F2NO5/c1-9(12-5-6-13(24-12)18(22)23-2)21-7-14-15(8-21)26-17-11(20)4-3-10(19)16(17)25-14/h3-6,9,14-15H,7-8H2,1-2H3/t9?,14-,15+. The van der Waals surface area contributed by atoms with Gasteiger partial charge < -0.3 is 18.6 Å². The Morgan fingerprint density at radius 3 is 2.23 bits per heavy atom. The first kappa shape index (κ1) is 16.8. The molecule has 3 heterocycles. The molecule has 2 aliphatic rings. The van der Waals surface area contributed by atoms with Gasteiger partial charge in [-0.15, -0.1) is 0 Å². The summed E-state index contributed by atoms with van der Waals surface area (Å²) in [4.78, 5) is 13.5. The molecule has 2 aromatic rings. The fourth-order valence-corrected chi connectivity index (χ4v) is 3.32. The second-order valence-electron chi connectivity index (χ2n) is 6.32. The molecule has 8 heteroatoms. The summed E-state index contributed by atoms with van der Waals surface area (Å²) >= 11 is 0. The summed E-state index contributed by atoms with van der Waals surface area (Å²) in [5, 5.41) is 0. The molecule has 0 bridgehead atoms. The lowest BCUT2D eigenvalue weighted by Gasteiger charge is -2.28. The number of furan rings is 1. The number of carbonyl (C=O) groups is 1. The molecule has 2 aliphatic heterocycles. The summed E-state index contributed by atoms with van der Waals surface area (Å²) in [6.07, 6.45) is -0.840. The first-order valence-corrected chi connectivity index (χ1v) is 8.21. The largest absolute Gasteiger partial charge is 0.478 e. The van der Waals surface area contributed by atoms with E-state index in [0.29, 0.717) is 18.8 Å². The van der Waals surface area contributed by atoms with Crippen molar-refractivity contribution in [3.8, 4) is 11.5 Å². The number of benzene rings is 1. The number of likely N-dealkylation sites (tertiary alicyclic amines) is 1. The highest BCUT2D eigenvalue weighted by atomic mass is 19.1. The Bertz CT molecular complexity index is 813. The number of ether oxygens (including phenoxy) is 3. The molecule has 1 unspecified atom stereocenters. The average molecular weight is 365 g/mol. The van der Waals surface area contributed by atoms with Gasteiger partial charge in [-0.05, 0) is 31.2 Å². The van der Waals surface area contributed by atoms with E-state index in [-0.39, 0.29) is 23.3 Å². The number of methoxy groups -OCH3 is 1. The minimum Gasteiger partial charge on any atom is -0.478 e. The summed E-state index contributed by atoms with van der Waals surface area (Å²) < 4.78 is 49.3. The first-order chi connectivity index (χ1) is 12.5. The van der Waals surface area contributed by atoms with E-state index in [2.05, 4.69) is 4.74 Å². The summed E-state index contributed by atoms with van der Waals surface area (Å²) in [6, 6.07) is 5.11. The van der Waals surface area contributed by atoms with E-state index < -0.39 is 29.8 Å². The van der Waals surface area contributed by atoms with Crippen molar-refractivity contribution in [2.75, 3.05) is 20.2 Å². The van der Waals surface area contributed by atoms with Crippen LogP contribution in [0, 0.1) is 11.6 Å². The van der Waals surface area contributed by atoms with Gasteiger partial charge in [-0.25, -0.2) is 13.6 Å². The highest BCUT2D eigenvalue weighted by Crippen LogP contribution is 2.41. The van der Waals surface area contributed by atoms with Crippen molar-refractivity contribution < 1.29 is 32.2 Å². The number of esters is 1. The number of carbonyl (C=O) groups excluding carboxylic acids is 1. The highest BCUT2D eigenvalue weighted by Gasteiger charge is 2.44. The van der Waals surface area contributed by atoms with E-state index in [4.69, 9.17) is 13.9 Å². The smallest absolute Gasteiger partial charge is 0.373 e. The maximum Gasteiger partial charge on any atom is 0.373 e. The molecule has 6 nitrogen and oxygen atoms in total. The number of rotatable bonds is 3. The molecule has 0 saturated carbocycles. The molecule has 1 aromatic heterocycles. The van der Waals surface area contributed by atoms with Crippen molar-refractivity contribution in [1.29, 1.82) is 0 Å². The molecule has 1 saturated heterocycles. The van der Waals surface area contributed by atoms with Gasteiger partial charge in [0, 0.05) is 13.1 Å². The average Bonchev–Trinajstić information content (AvgIpc) is 3.29. The number of halogens is 2. The molecular formula is C18H17F2NO5. The van der Waals surface area contributed by atoms with Crippen LogP contribution in [0.25, 0.3) is 0 Å². The zero-order valence-corrected chi connectivity index (χ0v) is 14.2. The van der Waals surface area contributed by atoms with E-state index >= 15 is 0 Å². The molecule has 0 aliphatic carbocycles. The van der Waals surface area contributed by atoms with Gasteiger partial charge in [0.05, 0.1) is 13.2 Å². The summed E-state index contributed by atoms with van der Waals surface area (Å²) in [7, 11) is 1.28. The van der Waals surface area contributed by atoms with Crippen molar-refractivity contribution >= 4 is 5.97 Å². The van der Waals surface area contributed by atoms with Crippen molar-refractivity contribution in [3.05, 3.63) is 47.4 Å². The Balaban J connectivity index is 1.51. The second kappa shape index (κ2) is 6.28. The fraction of sp³-hybridized carbons (Fsp3) is 0.389. The number of hydrogen-bond donors (Lipinski definition) is 0. The molecule has 0 amide bonds. The Morgan fingerprint density at radius 1 is 1.12 bits per heavy atom. The van der Waals surface area contributed by atoms with Gasteiger partial charge >= 0.3 is 5.97 Å². The quantitative estimate of drug-likeness (QED) is 0.780.